The smallest absolute Gasteiger partial charge is 0.211 e. The van der Waals surface area contributed by atoms with Crippen LogP contribution in [0.4, 0.5) is 0 Å². The molecule has 0 heterocycles. The van der Waals surface area contributed by atoms with Gasteiger partial charge in [0.2, 0.25) is 10.0 Å². The summed E-state index contributed by atoms with van der Waals surface area (Å²) < 4.78 is 24.3. The molecule has 0 amide bonds. The summed E-state index contributed by atoms with van der Waals surface area (Å²) in [5.41, 5.74) is 0. The number of nitriles is 1. The number of rotatable bonds is 5. The summed E-state index contributed by atoms with van der Waals surface area (Å²) in [6.45, 7) is 3.81. The molecule has 0 N–H and O–H groups in total. The molecule has 1 aliphatic rings. The summed E-state index contributed by atoms with van der Waals surface area (Å²) in [5, 5.41) is 8.34. The number of sulfonamides is 1. The van der Waals surface area contributed by atoms with Crippen molar-refractivity contribution in [1.82, 2.24) is 4.31 Å². The van der Waals surface area contributed by atoms with E-state index in [1.165, 1.54) is 4.31 Å². The molecule has 1 rings (SSSR count). The van der Waals surface area contributed by atoms with Crippen molar-refractivity contribution in [2.75, 3.05) is 12.3 Å². The molecule has 0 unspecified atom stereocenters. The molecule has 0 aromatic heterocycles. The van der Waals surface area contributed by atoms with Crippen molar-refractivity contribution >= 4 is 10.0 Å². The Morgan fingerprint density at radius 3 is 2.62 bits per heavy atom. The molecule has 5 heteroatoms. The van der Waals surface area contributed by atoms with Crippen LogP contribution in [0, 0.1) is 11.3 Å². The Morgan fingerprint density at radius 1 is 1.62 bits per heavy atom. The van der Waals surface area contributed by atoms with E-state index in [0.29, 0.717) is 6.54 Å². The van der Waals surface area contributed by atoms with Crippen LogP contribution >= 0.6 is 0 Å². The van der Waals surface area contributed by atoms with E-state index in [1.54, 1.807) is 12.1 Å². The van der Waals surface area contributed by atoms with E-state index in [1.807, 2.05) is 0 Å². The fourth-order valence-corrected chi connectivity index (χ4v) is 2.47. The van der Waals surface area contributed by atoms with Crippen molar-refractivity contribution < 1.29 is 8.42 Å². The van der Waals surface area contributed by atoms with Crippen LogP contribution in [-0.2, 0) is 10.0 Å². The van der Waals surface area contributed by atoms with Crippen molar-refractivity contribution in [2.24, 2.45) is 0 Å². The third-order valence-electron chi connectivity index (χ3n) is 1.87. The first-order chi connectivity index (χ1) is 6.11. The summed E-state index contributed by atoms with van der Waals surface area (Å²) in [5.74, 6) is -0.433. The molecule has 1 aliphatic carbocycles. The zero-order valence-electron chi connectivity index (χ0n) is 7.31. The Labute approximate surface area is 78.5 Å². The van der Waals surface area contributed by atoms with Crippen LogP contribution in [0.25, 0.3) is 0 Å². The minimum atomic E-state index is -3.37. The molecule has 0 bridgehead atoms. The lowest BCUT2D eigenvalue weighted by atomic mass is 10.6. The molecule has 0 spiro atoms. The van der Waals surface area contributed by atoms with Crippen LogP contribution in [0.3, 0.4) is 0 Å². The topological polar surface area (TPSA) is 61.2 Å². The summed E-state index contributed by atoms with van der Waals surface area (Å²) in [6.07, 6.45) is 3.35. The Hall–Kier alpha value is -0.860. The van der Waals surface area contributed by atoms with Gasteiger partial charge in [-0.05, 0) is 12.8 Å². The van der Waals surface area contributed by atoms with Gasteiger partial charge in [-0.2, -0.15) is 9.57 Å². The Kier molecular flexibility index (Phi) is 3.07. The molecular formula is C8H12N2O2S. The predicted molar refractivity (Wildman–Crippen MR) is 49.3 cm³/mol. The number of hydrogen-bond acceptors (Lipinski definition) is 3. The first-order valence-electron chi connectivity index (χ1n) is 4.09. The van der Waals surface area contributed by atoms with Gasteiger partial charge in [0.05, 0.1) is 6.07 Å². The number of hydrogen-bond donors (Lipinski definition) is 0. The van der Waals surface area contributed by atoms with Gasteiger partial charge in [0.1, 0.15) is 0 Å². The van der Waals surface area contributed by atoms with Crippen molar-refractivity contribution in [2.45, 2.75) is 18.9 Å². The molecule has 1 fully saturated rings. The van der Waals surface area contributed by atoms with Crippen LogP contribution in [0.2, 0.25) is 0 Å². The van der Waals surface area contributed by atoms with Gasteiger partial charge in [0.25, 0.3) is 0 Å². The first-order valence-corrected chi connectivity index (χ1v) is 5.70. The maximum absolute atomic E-state index is 11.5. The van der Waals surface area contributed by atoms with Crippen LogP contribution < -0.4 is 0 Å². The van der Waals surface area contributed by atoms with E-state index in [2.05, 4.69) is 6.58 Å². The van der Waals surface area contributed by atoms with E-state index in [9.17, 15) is 8.42 Å². The lowest BCUT2D eigenvalue weighted by Gasteiger charge is -2.17. The van der Waals surface area contributed by atoms with Crippen molar-refractivity contribution in [3.8, 4) is 6.07 Å². The van der Waals surface area contributed by atoms with Gasteiger partial charge in [-0.25, -0.2) is 8.42 Å². The molecule has 4 nitrogen and oxygen atoms in total. The molecular weight excluding hydrogens is 188 g/mol. The van der Waals surface area contributed by atoms with Gasteiger partial charge in [0.15, 0.2) is 5.75 Å². The molecule has 0 radical (unpaired) electrons. The van der Waals surface area contributed by atoms with E-state index >= 15 is 0 Å². The fourth-order valence-electron chi connectivity index (χ4n) is 1.14. The molecule has 0 aliphatic heterocycles. The second kappa shape index (κ2) is 3.90. The highest BCUT2D eigenvalue weighted by atomic mass is 32.2. The van der Waals surface area contributed by atoms with E-state index in [4.69, 9.17) is 5.26 Å². The van der Waals surface area contributed by atoms with Crippen molar-refractivity contribution in [3.63, 3.8) is 0 Å². The van der Waals surface area contributed by atoms with Crippen molar-refractivity contribution in [3.05, 3.63) is 12.7 Å². The average molecular weight is 200 g/mol. The van der Waals surface area contributed by atoms with Gasteiger partial charge in [0, 0.05) is 12.6 Å². The van der Waals surface area contributed by atoms with Crippen molar-refractivity contribution in [1.29, 1.82) is 5.26 Å². The summed E-state index contributed by atoms with van der Waals surface area (Å²) >= 11 is 0. The fraction of sp³-hybridized carbons (Fsp3) is 0.625. The maximum Gasteiger partial charge on any atom is 0.228 e. The number of nitrogens with zero attached hydrogens (tertiary/aromatic N) is 2. The quantitative estimate of drug-likeness (QED) is 0.607. The van der Waals surface area contributed by atoms with E-state index in [0.717, 1.165) is 12.8 Å². The molecule has 0 aromatic rings. The SMILES string of the molecule is C=CCN(C1CC1)S(=O)(=O)CC#N. The summed E-state index contributed by atoms with van der Waals surface area (Å²) in [6, 6.07) is 1.77. The molecule has 0 saturated heterocycles. The lowest BCUT2D eigenvalue weighted by molar-refractivity contribution is 0.438. The lowest BCUT2D eigenvalue weighted by Crippen LogP contribution is -2.34. The maximum atomic E-state index is 11.5. The highest BCUT2D eigenvalue weighted by Gasteiger charge is 2.35. The Balaban J connectivity index is 2.74. The van der Waals surface area contributed by atoms with Gasteiger partial charge in [-0.15, -0.1) is 6.58 Å². The van der Waals surface area contributed by atoms with E-state index < -0.39 is 15.8 Å². The Morgan fingerprint density at radius 2 is 2.23 bits per heavy atom. The second-order valence-corrected chi connectivity index (χ2v) is 4.93. The zero-order chi connectivity index (χ0) is 9.90. The normalized spacial score (nSPS) is 16.9. The minimum absolute atomic E-state index is 0.108. The van der Waals surface area contributed by atoms with Gasteiger partial charge >= 0.3 is 0 Å². The second-order valence-electron chi connectivity index (χ2n) is 3.00. The van der Waals surface area contributed by atoms with Crippen LogP contribution in [0.5, 0.6) is 0 Å². The summed E-state index contributed by atoms with van der Waals surface area (Å²) in [7, 11) is -3.37. The molecule has 72 valence electrons. The van der Waals surface area contributed by atoms with Gasteiger partial charge in [-0.1, -0.05) is 6.08 Å². The molecule has 0 aromatic carbocycles. The predicted octanol–water partition coefficient (Wildman–Crippen LogP) is 0.490. The molecule has 13 heavy (non-hydrogen) atoms. The first kappa shape index (κ1) is 10.2. The highest BCUT2D eigenvalue weighted by molar-refractivity contribution is 7.89. The standard InChI is InChI=1S/C8H12N2O2S/c1-2-6-10(8-3-4-8)13(11,12)7-5-9/h2,8H,1,3-4,6-7H2. The third kappa shape index (κ3) is 2.54. The average Bonchev–Trinajstić information content (AvgIpc) is 2.82. The molecule has 0 atom stereocenters. The van der Waals surface area contributed by atoms with Gasteiger partial charge in [-0.3, -0.25) is 0 Å². The third-order valence-corrected chi connectivity index (χ3v) is 3.52. The molecule has 1 saturated carbocycles. The van der Waals surface area contributed by atoms with E-state index in [-0.39, 0.29) is 6.04 Å². The monoisotopic (exact) mass is 200 g/mol. The van der Waals surface area contributed by atoms with Crippen LogP contribution in [-0.4, -0.2) is 31.1 Å². The highest BCUT2D eigenvalue weighted by Crippen LogP contribution is 2.29. The van der Waals surface area contributed by atoms with Crippen LogP contribution in [0.15, 0.2) is 12.7 Å². The minimum Gasteiger partial charge on any atom is -0.211 e. The van der Waals surface area contributed by atoms with Gasteiger partial charge < -0.3 is 0 Å². The Bertz CT molecular complexity index is 325. The zero-order valence-corrected chi connectivity index (χ0v) is 8.13. The summed E-state index contributed by atoms with van der Waals surface area (Å²) in [4.78, 5) is 0. The largest absolute Gasteiger partial charge is 0.228 e. The van der Waals surface area contributed by atoms with Crippen LogP contribution in [0.1, 0.15) is 12.8 Å².